The van der Waals surface area contributed by atoms with Gasteiger partial charge in [-0.3, -0.25) is 4.79 Å². The highest BCUT2D eigenvalue weighted by Gasteiger charge is 2.47. The minimum absolute atomic E-state index is 0.0736. The van der Waals surface area contributed by atoms with Crippen molar-refractivity contribution >= 4 is 16.3 Å². The van der Waals surface area contributed by atoms with Crippen LogP contribution in [0.5, 0.6) is 5.75 Å². The summed E-state index contributed by atoms with van der Waals surface area (Å²) in [6, 6.07) is 15.5. The Morgan fingerprint density at radius 2 is 1.87 bits per heavy atom. The van der Waals surface area contributed by atoms with Gasteiger partial charge < -0.3 is 14.2 Å². The summed E-state index contributed by atoms with van der Waals surface area (Å²) in [5, 5.41) is 0. The Hall–Kier alpha value is -2.22. The third kappa shape index (κ3) is 4.29. The molecule has 2 aromatic rings. The lowest BCUT2D eigenvalue weighted by Crippen LogP contribution is -2.45. The lowest BCUT2D eigenvalue weighted by molar-refractivity contribution is -0.132. The molecule has 2 unspecified atom stereocenters. The van der Waals surface area contributed by atoms with E-state index in [-0.39, 0.29) is 17.4 Å². The van der Waals surface area contributed by atoms with Gasteiger partial charge in [-0.05, 0) is 48.1 Å². The van der Waals surface area contributed by atoms with Gasteiger partial charge in [0.05, 0.1) is 19.6 Å². The lowest BCUT2D eigenvalue weighted by Gasteiger charge is -2.40. The van der Waals surface area contributed by atoms with Crippen molar-refractivity contribution in [2.75, 3.05) is 26.5 Å². The lowest BCUT2D eigenvalue weighted by atomic mass is 9.73. The van der Waals surface area contributed by atoms with Crippen molar-refractivity contribution in [2.24, 2.45) is 0 Å². The summed E-state index contributed by atoms with van der Waals surface area (Å²) in [5.41, 5.74) is 3.20. The quantitative estimate of drug-likeness (QED) is 0.743. The van der Waals surface area contributed by atoms with Crippen LogP contribution in [-0.4, -0.2) is 41.8 Å². The number of nitrogens with zero attached hydrogens (tertiary/aromatic N) is 1. The van der Waals surface area contributed by atoms with Gasteiger partial charge in [0, 0.05) is 18.5 Å². The first kappa shape index (κ1) is 21.0. The minimum Gasteiger partial charge on any atom is -0.598 e. The van der Waals surface area contributed by atoms with E-state index in [2.05, 4.69) is 10.8 Å². The molecule has 2 atom stereocenters. The first-order valence-electron chi connectivity index (χ1n) is 10.3. The number of nitrogens with one attached hydrogen (secondary N) is 1. The van der Waals surface area contributed by atoms with Crippen LogP contribution >= 0.6 is 0 Å². The second-order valence-electron chi connectivity index (χ2n) is 8.42. The van der Waals surface area contributed by atoms with Gasteiger partial charge in [0.2, 0.25) is 5.91 Å². The topological polar surface area (TPSA) is 81.7 Å². The number of hydrogen-bond acceptors (Lipinski definition) is 4. The van der Waals surface area contributed by atoms with Crippen LogP contribution in [0, 0.1) is 0 Å². The molecule has 1 aliphatic heterocycles. The number of piperidine rings is 1. The number of carbonyl (C=O) groups is 1. The van der Waals surface area contributed by atoms with E-state index >= 15 is 0 Å². The number of fused-ring (bicyclic) bond motifs is 2. The van der Waals surface area contributed by atoms with Gasteiger partial charge in [-0.15, -0.1) is 4.72 Å². The van der Waals surface area contributed by atoms with Gasteiger partial charge in [-0.2, -0.15) is 0 Å². The number of hydrogen-bond donors (Lipinski definition) is 1. The van der Waals surface area contributed by atoms with E-state index in [0.29, 0.717) is 19.5 Å². The molecule has 1 fully saturated rings. The average Bonchev–Trinajstić information content (AvgIpc) is 3.01. The van der Waals surface area contributed by atoms with Gasteiger partial charge >= 0.3 is 0 Å². The summed E-state index contributed by atoms with van der Waals surface area (Å²) in [6.45, 7) is 1.38. The van der Waals surface area contributed by atoms with Crippen LogP contribution < -0.4 is 9.46 Å². The van der Waals surface area contributed by atoms with Crippen LogP contribution in [-0.2, 0) is 31.2 Å². The summed E-state index contributed by atoms with van der Waals surface area (Å²) < 4.78 is 31.7. The van der Waals surface area contributed by atoms with Crippen LogP contribution in [0.15, 0.2) is 48.5 Å². The second kappa shape index (κ2) is 8.13. The molecule has 30 heavy (non-hydrogen) atoms. The fraction of sp³-hybridized carbons (Fsp3) is 0.435. The van der Waals surface area contributed by atoms with Crippen molar-refractivity contribution in [3.63, 3.8) is 0 Å². The molecule has 1 spiro atoms. The van der Waals surface area contributed by atoms with Gasteiger partial charge in [-0.1, -0.05) is 40.6 Å². The third-order valence-corrected chi connectivity index (χ3v) is 7.16. The molecule has 0 aromatic heterocycles. The maximum absolute atomic E-state index is 12.8. The summed E-state index contributed by atoms with van der Waals surface area (Å²) in [4.78, 5) is 14.8. The highest BCUT2D eigenvalue weighted by atomic mass is 32.3. The Bertz CT molecular complexity index is 961. The zero-order valence-corrected chi connectivity index (χ0v) is 18.2. The molecule has 2 aromatic carbocycles. The molecule has 1 amide bonds. The number of sulfonamides is 1. The smallest absolute Gasteiger partial charge is 0.226 e. The van der Waals surface area contributed by atoms with Crippen molar-refractivity contribution in [1.82, 2.24) is 9.62 Å². The number of ether oxygens (including phenoxy) is 1. The SMILES string of the molecule is COc1ccc(CC(=O)N2CCC3(CC2)CC(N[S+](C)(=O)[O-])c2ccccc23)cc1. The van der Waals surface area contributed by atoms with E-state index in [1.165, 1.54) is 11.8 Å². The monoisotopic (exact) mass is 428 g/mol. The van der Waals surface area contributed by atoms with Crippen molar-refractivity contribution in [1.29, 1.82) is 0 Å². The van der Waals surface area contributed by atoms with Crippen molar-refractivity contribution in [3.8, 4) is 5.75 Å². The molecule has 0 radical (unpaired) electrons. The van der Waals surface area contributed by atoms with E-state index < -0.39 is 10.4 Å². The molecule has 0 saturated carbocycles. The van der Waals surface area contributed by atoms with Crippen LogP contribution in [0.4, 0.5) is 0 Å². The zero-order chi connectivity index (χ0) is 21.4. The first-order chi connectivity index (χ1) is 14.3. The number of benzene rings is 2. The predicted octanol–water partition coefficient (Wildman–Crippen LogP) is 3.01. The summed E-state index contributed by atoms with van der Waals surface area (Å²) in [6.07, 6.45) is 4.04. The maximum atomic E-state index is 12.8. The fourth-order valence-corrected chi connectivity index (χ4v) is 5.67. The van der Waals surface area contributed by atoms with E-state index in [4.69, 9.17) is 4.74 Å². The summed E-state index contributed by atoms with van der Waals surface area (Å²) in [7, 11) is -1.67. The highest BCUT2D eigenvalue weighted by Crippen LogP contribution is 2.51. The van der Waals surface area contributed by atoms with E-state index in [1.54, 1.807) is 7.11 Å². The molecule has 0 bridgehead atoms. The third-order valence-electron chi connectivity index (χ3n) is 6.45. The molecular formula is C23H28N2O4S. The number of rotatable bonds is 5. The Kier molecular flexibility index (Phi) is 5.70. The minimum atomic E-state index is -3.29. The zero-order valence-electron chi connectivity index (χ0n) is 17.4. The largest absolute Gasteiger partial charge is 0.598 e. The number of carbonyl (C=O) groups excluding carboxylic acids is 1. The number of methoxy groups -OCH3 is 1. The Morgan fingerprint density at radius 1 is 1.20 bits per heavy atom. The highest BCUT2D eigenvalue weighted by molar-refractivity contribution is 7.95. The van der Waals surface area contributed by atoms with Crippen LogP contribution in [0.3, 0.4) is 0 Å². The fourth-order valence-electron chi connectivity index (χ4n) is 4.95. The van der Waals surface area contributed by atoms with Gasteiger partial charge in [0.25, 0.3) is 0 Å². The summed E-state index contributed by atoms with van der Waals surface area (Å²) in [5.74, 6) is 0.912. The van der Waals surface area contributed by atoms with Crippen LogP contribution in [0.25, 0.3) is 0 Å². The maximum Gasteiger partial charge on any atom is 0.226 e. The standard InChI is InChI=1S/C23H28N2O4S/c1-29-18-9-7-17(8-10-18)15-22(26)25-13-11-23(12-14-25)16-21(24-30(2,27)28)19-5-3-4-6-20(19)23/h3-10,21H,11-16H2,1-2H3,(H-,24,27,28). The molecular weight excluding hydrogens is 400 g/mol. The molecule has 2 aliphatic rings. The van der Waals surface area contributed by atoms with E-state index in [1.807, 2.05) is 47.4 Å². The van der Waals surface area contributed by atoms with E-state index in [9.17, 15) is 13.6 Å². The van der Waals surface area contributed by atoms with E-state index in [0.717, 1.165) is 36.1 Å². The molecule has 6 nitrogen and oxygen atoms in total. The number of likely N-dealkylation sites (tertiary alicyclic amines) is 1. The van der Waals surface area contributed by atoms with Gasteiger partial charge in [0.15, 0.2) is 0 Å². The molecule has 4 rings (SSSR count). The molecule has 1 saturated heterocycles. The molecule has 7 heteroatoms. The van der Waals surface area contributed by atoms with Gasteiger partial charge in [-0.25, -0.2) is 0 Å². The molecule has 1 N–H and O–H groups in total. The first-order valence-corrected chi connectivity index (χ1v) is 12.2. The van der Waals surface area contributed by atoms with Crippen molar-refractivity contribution in [2.45, 2.75) is 37.1 Å². The van der Waals surface area contributed by atoms with Crippen LogP contribution in [0.2, 0.25) is 0 Å². The second-order valence-corrected chi connectivity index (χ2v) is 10.2. The molecule has 1 heterocycles. The molecule has 160 valence electrons. The average molecular weight is 429 g/mol. The summed E-state index contributed by atoms with van der Waals surface area (Å²) >= 11 is 0. The normalized spacial score (nSPS) is 21.8. The Labute approximate surface area is 179 Å². The van der Waals surface area contributed by atoms with Gasteiger partial charge in [0.1, 0.15) is 22.4 Å². The van der Waals surface area contributed by atoms with Crippen molar-refractivity contribution in [3.05, 3.63) is 65.2 Å². The van der Waals surface area contributed by atoms with Crippen LogP contribution in [0.1, 0.15) is 42.0 Å². The molecule has 1 aliphatic carbocycles. The predicted molar refractivity (Wildman–Crippen MR) is 116 cm³/mol. The van der Waals surface area contributed by atoms with Crippen molar-refractivity contribution < 1.29 is 18.3 Å². The Balaban J connectivity index is 1.44. The Morgan fingerprint density at radius 3 is 2.50 bits per heavy atom. The number of amides is 1.